The highest BCUT2D eigenvalue weighted by atomic mass is 16.5. The van der Waals surface area contributed by atoms with Crippen molar-refractivity contribution in [3.05, 3.63) is 59.7 Å². The molecule has 0 aliphatic rings. The molecule has 0 heterocycles. The summed E-state index contributed by atoms with van der Waals surface area (Å²) in [6, 6.07) is 14.3. The van der Waals surface area contributed by atoms with Crippen LogP contribution < -0.4 is 10.1 Å². The standard InChI is InChI=1S/C18H19NO4/c1-23-16-11-7-14(8-12-16)18(22)19-15-9-5-13(6-10-15)3-2-4-17(20)21/h5-12H,2-4H2,1H3,(H,19,22)(H,20,21). The molecule has 0 radical (unpaired) electrons. The Bertz CT molecular complexity index is 662. The van der Waals surface area contributed by atoms with Crippen LogP contribution in [0.15, 0.2) is 48.5 Å². The van der Waals surface area contributed by atoms with Gasteiger partial charge in [-0.3, -0.25) is 9.59 Å². The van der Waals surface area contributed by atoms with Crippen molar-refractivity contribution in [2.75, 3.05) is 12.4 Å². The lowest BCUT2D eigenvalue weighted by Crippen LogP contribution is -2.11. The molecule has 0 aromatic heterocycles. The van der Waals surface area contributed by atoms with Crippen LogP contribution in [-0.2, 0) is 11.2 Å². The first-order valence-electron chi connectivity index (χ1n) is 7.34. The molecule has 2 aromatic rings. The molecule has 23 heavy (non-hydrogen) atoms. The molecule has 0 aliphatic heterocycles. The summed E-state index contributed by atoms with van der Waals surface area (Å²) in [6.07, 6.45) is 1.47. The smallest absolute Gasteiger partial charge is 0.303 e. The summed E-state index contributed by atoms with van der Waals surface area (Å²) >= 11 is 0. The van der Waals surface area contributed by atoms with Crippen LogP contribution in [0.5, 0.6) is 5.75 Å². The number of anilines is 1. The number of carbonyl (C=O) groups excluding carboxylic acids is 1. The van der Waals surface area contributed by atoms with Crippen LogP contribution in [0.4, 0.5) is 5.69 Å². The molecule has 120 valence electrons. The maximum atomic E-state index is 12.1. The Balaban J connectivity index is 1.91. The second kappa shape index (κ2) is 7.98. The van der Waals surface area contributed by atoms with E-state index in [0.717, 1.165) is 5.56 Å². The molecule has 2 aromatic carbocycles. The van der Waals surface area contributed by atoms with Crippen LogP contribution >= 0.6 is 0 Å². The summed E-state index contributed by atoms with van der Waals surface area (Å²) in [5.74, 6) is -0.271. The molecular formula is C18H19NO4. The van der Waals surface area contributed by atoms with Gasteiger partial charge in [-0.05, 0) is 54.8 Å². The third kappa shape index (κ3) is 5.14. The van der Waals surface area contributed by atoms with Crippen LogP contribution in [0.2, 0.25) is 0 Å². The number of rotatable bonds is 7. The molecule has 0 saturated carbocycles. The van der Waals surface area contributed by atoms with Gasteiger partial charge in [0.2, 0.25) is 0 Å². The Labute approximate surface area is 134 Å². The summed E-state index contributed by atoms with van der Waals surface area (Å²) in [5, 5.41) is 11.4. The third-order valence-electron chi connectivity index (χ3n) is 3.42. The van der Waals surface area contributed by atoms with Gasteiger partial charge in [-0.25, -0.2) is 0 Å². The van der Waals surface area contributed by atoms with Crippen molar-refractivity contribution in [2.45, 2.75) is 19.3 Å². The van der Waals surface area contributed by atoms with E-state index in [9.17, 15) is 9.59 Å². The first-order valence-corrected chi connectivity index (χ1v) is 7.34. The summed E-state index contributed by atoms with van der Waals surface area (Å²) in [6.45, 7) is 0. The normalized spacial score (nSPS) is 10.1. The summed E-state index contributed by atoms with van der Waals surface area (Å²) in [7, 11) is 1.58. The van der Waals surface area contributed by atoms with Crippen LogP contribution in [0, 0.1) is 0 Å². The molecule has 2 N–H and O–H groups in total. The minimum Gasteiger partial charge on any atom is -0.497 e. The first kappa shape index (κ1) is 16.5. The van der Waals surface area contributed by atoms with E-state index in [1.165, 1.54) is 0 Å². The minimum absolute atomic E-state index is 0.163. The van der Waals surface area contributed by atoms with Gasteiger partial charge in [0.15, 0.2) is 0 Å². The molecule has 0 atom stereocenters. The van der Waals surface area contributed by atoms with E-state index in [-0.39, 0.29) is 12.3 Å². The van der Waals surface area contributed by atoms with Crippen molar-refractivity contribution in [1.29, 1.82) is 0 Å². The average Bonchev–Trinajstić information content (AvgIpc) is 2.56. The fourth-order valence-corrected chi connectivity index (χ4v) is 2.14. The average molecular weight is 313 g/mol. The van der Waals surface area contributed by atoms with Gasteiger partial charge < -0.3 is 15.2 Å². The maximum absolute atomic E-state index is 12.1. The van der Waals surface area contributed by atoms with Gasteiger partial charge in [0.1, 0.15) is 5.75 Å². The van der Waals surface area contributed by atoms with Gasteiger partial charge in [-0.2, -0.15) is 0 Å². The number of carbonyl (C=O) groups is 2. The zero-order valence-corrected chi connectivity index (χ0v) is 12.9. The number of nitrogens with one attached hydrogen (secondary N) is 1. The van der Waals surface area contributed by atoms with Crippen molar-refractivity contribution in [3.8, 4) is 5.75 Å². The predicted molar refractivity (Wildman–Crippen MR) is 88.0 cm³/mol. The third-order valence-corrected chi connectivity index (χ3v) is 3.42. The van der Waals surface area contributed by atoms with Crippen molar-refractivity contribution in [3.63, 3.8) is 0 Å². The molecule has 0 spiro atoms. The Morgan fingerprint density at radius 1 is 1.04 bits per heavy atom. The van der Waals surface area contributed by atoms with E-state index in [1.54, 1.807) is 31.4 Å². The number of aliphatic carboxylic acids is 1. The Morgan fingerprint density at radius 3 is 2.26 bits per heavy atom. The van der Waals surface area contributed by atoms with E-state index in [2.05, 4.69) is 5.32 Å². The molecular weight excluding hydrogens is 294 g/mol. The fraction of sp³-hybridized carbons (Fsp3) is 0.222. The molecule has 5 nitrogen and oxygen atoms in total. The number of hydrogen-bond acceptors (Lipinski definition) is 3. The Hall–Kier alpha value is -2.82. The summed E-state index contributed by atoms with van der Waals surface area (Å²) in [5.41, 5.74) is 2.30. The molecule has 0 saturated heterocycles. The van der Waals surface area contributed by atoms with Gasteiger partial charge in [-0.15, -0.1) is 0 Å². The highest BCUT2D eigenvalue weighted by Crippen LogP contribution is 2.15. The van der Waals surface area contributed by atoms with E-state index >= 15 is 0 Å². The quantitative estimate of drug-likeness (QED) is 0.822. The molecule has 5 heteroatoms. The van der Waals surface area contributed by atoms with E-state index in [1.807, 2.05) is 24.3 Å². The largest absolute Gasteiger partial charge is 0.497 e. The van der Waals surface area contributed by atoms with Crippen molar-refractivity contribution < 1.29 is 19.4 Å². The Kier molecular flexibility index (Phi) is 5.74. The molecule has 0 aliphatic carbocycles. The van der Waals surface area contributed by atoms with Gasteiger partial charge in [-0.1, -0.05) is 12.1 Å². The van der Waals surface area contributed by atoms with E-state index in [4.69, 9.17) is 9.84 Å². The van der Waals surface area contributed by atoms with E-state index < -0.39 is 5.97 Å². The maximum Gasteiger partial charge on any atom is 0.303 e. The van der Waals surface area contributed by atoms with Gasteiger partial charge in [0.05, 0.1) is 7.11 Å². The zero-order valence-electron chi connectivity index (χ0n) is 12.9. The monoisotopic (exact) mass is 313 g/mol. The number of amides is 1. The van der Waals surface area contributed by atoms with Crippen molar-refractivity contribution in [1.82, 2.24) is 0 Å². The van der Waals surface area contributed by atoms with Crippen LogP contribution in [0.1, 0.15) is 28.8 Å². The second-order valence-electron chi connectivity index (χ2n) is 5.13. The predicted octanol–water partition coefficient (Wildman–Crippen LogP) is 3.35. The zero-order chi connectivity index (χ0) is 16.7. The highest BCUT2D eigenvalue weighted by Gasteiger charge is 2.06. The minimum atomic E-state index is -0.784. The molecule has 1 amide bonds. The number of carboxylic acids is 1. The number of carboxylic acid groups (broad SMARTS) is 1. The molecule has 2 rings (SSSR count). The molecule has 0 unspecified atom stereocenters. The topological polar surface area (TPSA) is 75.6 Å². The van der Waals surface area contributed by atoms with Gasteiger partial charge in [0.25, 0.3) is 5.91 Å². The molecule has 0 bridgehead atoms. The number of aryl methyl sites for hydroxylation is 1. The Morgan fingerprint density at radius 2 is 1.70 bits per heavy atom. The number of benzene rings is 2. The van der Waals surface area contributed by atoms with Crippen LogP contribution in [0.3, 0.4) is 0 Å². The number of ether oxygens (including phenoxy) is 1. The molecule has 0 fully saturated rings. The summed E-state index contributed by atoms with van der Waals surface area (Å²) < 4.78 is 5.06. The van der Waals surface area contributed by atoms with Crippen molar-refractivity contribution in [2.24, 2.45) is 0 Å². The van der Waals surface area contributed by atoms with Crippen LogP contribution in [-0.4, -0.2) is 24.1 Å². The lowest BCUT2D eigenvalue weighted by molar-refractivity contribution is -0.137. The van der Waals surface area contributed by atoms with Gasteiger partial charge in [0, 0.05) is 17.7 Å². The highest BCUT2D eigenvalue weighted by molar-refractivity contribution is 6.04. The number of hydrogen-bond donors (Lipinski definition) is 2. The van der Waals surface area contributed by atoms with Crippen LogP contribution in [0.25, 0.3) is 0 Å². The van der Waals surface area contributed by atoms with E-state index in [0.29, 0.717) is 29.8 Å². The second-order valence-corrected chi connectivity index (χ2v) is 5.13. The first-order chi connectivity index (χ1) is 11.1. The van der Waals surface area contributed by atoms with Crippen molar-refractivity contribution >= 4 is 17.6 Å². The fourth-order valence-electron chi connectivity index (χ4n) is 2.14. The SMILES string of the molecule is COc1ccc(C(=O)Nc2ccc(CCCC(=O)O)cc2)cc1. The van der Waals surface area contributed by atoms with Gasteiger partial charge >= 0.3 is 5.97 Å². The summed E-state index contributed by atoms with van der Waals surface area (Å²) in [4.78, 5) is 22.6. The lowest BCUT2D eigenvalue weighted by Gasteiger charge is -2.07. The lowest BCUT2D eigenvalue weighted by atomic mass is 10.1. The number of methoxy groups -OCH3 is 1.